The molecule has 0 bridgehead atoms. The summed E-state index contributed by atoms with van der Waals surface area (Å²) >= 11 is 0. The lowest BCUT2D eigenvalue weighted by molar-refractivity contribution is -0.116. The van der Waals surface area contributed by atoms with Crippen molar-refractivity contribution in [3.8, 4) is 0 Å². The van der Waals surface area contributed by atoms with Crippen LogP contribution in [0.3, 0.4) is 0 Å². The van der Waals surface area contributed by atoms with Crippen LogP contribution in [0.25, 0.3) is 0 Å². The molecule has 0 atom stereocenters. The smallest absolute Gasteiger partial charge is 0.236 e. The standard InChI is InChI=1S/C22H21NO/c1-16-10-6-8-14-19(16)21(20-15-9-7-11-17(20)2)22(24)23-18-12-4-3-5-13-18/h3-15,21H,1-2H3,(H,23,24). The fourth-order valence-corrected chi connectivity index (χ4v) is 3.01. The highest BCUT2D eigenvalue weighted by Crippen LogP contribution is 2.30. The minimum absolute atomic E-state index is 0.00944. The van der Waals surface area contributed by atoms with Crippen LogP contribution < -0.4 is 5.32 Å². The van der Waals surface area contributed by atoms with E-state index in [1.807, 2.05) is 66.7 Å². The zero-order valence-corrected chi connectivity index (χ0v) is 14.0. The Morgan fingerprint density at radius 2 is 1.17 bits per heavy atom. The van der Waals surface area contributed by atoms with Gasteiger partial charge in [0.1, 0.15) is 0 Å². The van der Waals surface area contributed by atoms with E-state index < -0.39 is 0 Å². The zero-order valence-electron chi connectivity index (χ0n) is 14.0. The summed E-state index contributed by atoms with van der Waals surface area (Å²) in [6, 6.07) is 25.8. The number of carbonyl (C=O) groups is 1. The molecule has 3 aromatic rings. The van der Waals surface area contributed by atoms with Crippen LogP contribution >= 0.6 is 0 Å². The van der Waals surface area contributed by atoms with E-state index in [1.54, 1.807) is 0 Å². The van der Waals surface area contributed by atoms with Crippen LogP contribution in [-0.4, -0.2) is 5.91 Å². The van der Waals surface area contributed by atoms with Crippen LogP contribution in [0.5, 0.6) is 0 Å². The summed E-state index contributed by atoms with van der Waals surface area (Å²) in [5.41, 5.74) is 5.14. The maximum absolute atomic E-state index is 13.1. The summed E-state index contributed by atoms with van der Waals surface area (Å²) in [7, 11) is 0. The molecule has 0 saturated heterocycles. The van der Waals surface area contributed by atoms with E-state index in [2.05, 4.69) is 31.3 Å². The first kappa shape index (κ1) is 16.0. The zero-order chi connectivity index (χ0) is 16.9. The highest BCUT2D eigenvalue weighted by atomic mass is 16.1. The van der Waals surface area contributed by atoms with Gasteiger partial charge in [0.2, 0.25) is 5.91 Å². The van der Waals surface area contributed by atoms with Gasteiger partial charge in [-0.3, -0.25) is 4.79 Å². The number of amides is 1. The molecule has 0 fully saturated rings. The van der Waals surface area contributed by atoms with Gasteiger partial charge in [-0.05, 0) is 48.2 Å². The largest absolute Gasteiger partial charge is 0.325 e. The Morgan fingerprint density at radius 3 is 1.67 bits per heavy atom. The maximum Gasteiger partial charge on any atom is 0.236 e. The summed E-state index contributed by atoms with van der Waals surface area (Å²) in [5, 5.41) is 3.05. The van der Waals surface area contributed by atoms with Gasteiger partial charge in [0, 0.05) is 5.69 Å². The van der Waals surface area contributed by atoms with Crippen molar-refractivity contribution in [2.45, 2.75) is 19.8 Å². The molecule has 3 aromatic carbocycles. The lowest BCUT2D eigenvalue weighted by atomic mass is 9.85. The molecule has 0 heterocycles. The fourth-order valence-electron chi connectivity index (χ4n) is 3.01. The Labute approximate surface area is 143 Å². The number of para-hydroxylation sites is 1. The monoisotopic (exact) mass is 315 g/mol. The molecule has 0 saturated carbocycles. The first-order valence-corrected chi connectivity index (χ1v) is 8.14. The average Bonchev–Trinajstić information content (AvgIpc) is 2.59. The second kappa shape index (κ2) is 7.14. The second-order valence-corrected chi connectivity index (χ2v) is 6.00. The third-order valence-electron chi connectivity index (χ3n) is 4.30. The number of nitrogens with one attached hydrogen (secondary N) is 1. The van der Waals surface area contributed by atoms with E-state index in [4.69, 9.17) is 0 Å². The highest BCUT2D eigenvalue weighted by Gasteiger charge is 2.25. The Kier molecular flexibility index (Phi) is 4.76. The average molecular weight is 315 g/mol. The quantitative estimate of drug-likeness (QED) is 0.715. The van der Waals surface area contributed by atoms with Gasteiger partial charge in [-0.15, -0.1) is 0 Å². The maximum atomic E-state index is 13.1. The minimum Gasteiger partial charge on any atom is -0.325 e. The van der Waals surface area contributed by atoms with Crippen LogP contribution in [0.4, 0.5) is 5.69 Å². The molecule has 120 valence electrons. The molecule has 0 aliphatic rings. The number of aryl methyl sites for hydroxylation is 2. The fraction of sp³-hybridized carbons (Fsp3) is 0.136. The van der Waals surface area contributed by atoms with Crippen molar-refractivity contribution < 1.29 is 4.79 Å². The van der Waals surface area contributed by atoms with Gasteiger partial charge in [-0.25, -0.2) is 0 Å². The lowest BCUT2D eigenvalue weighted by Crippen LogP contribution is -2.23. The third-order valence-corrected chi connectivity index (χ3v) is 4.30. The molecule has 0 spiro atoms. The summed E-state index contributed by atoms with van der Waals surface area (Å²) < 4.78 is 0. The molecule has 0 radical (unpaired) electrons. The summed E-state index contributed by atoms with van der Waals surface area (Å²) in [5.74, 6) is -0.336. The molecule has 0 aromatic heterocycles. The molecule has 0 unspecified atom stereocenters. The molecule has 3 rings (SSSR count). The van der Waals surface area contributed by atoms with E-state index >= 15 is 0 Å². The summed E-state index contributed by atoms with van der Waals surface area (Å²) in [6.45, 7) is 4.10. The second-order valence-electron chi connectivity index (χ2n) is 6.00. The predicted molar refractivity (Wildman–Crippen MR) is 99.3 cm³/mol. The van der Waals surface area contributed by atoms with E-state index in [0.29, 0.717) is 0 Å². The van der Waals surface area contributed by atoms with Crippen LogP contribution in [0.2, 0.25) is 0 Å². The first-order valence-electron chi connectivity index (χ1n) is 8.14. The van der Waals surface area contributed by atoms with E-state index in [0.717, 1.165) is 27.9 Å². The molecule has 1 amide bonds. The molecule has 2 nitrogen and oxygen atoms in total. The van der Waals surface area contributed by atoms with Crippen molar-refractivity contribution in [3.05, 3.63) is 101 Å². The predicted octanol–water partition coefficient (Wildman–Crippen LogP) is 5.07. The van der Waals surface area contributed by atoms with Crippen LogP contribution in [0.1, 0.15) is 28.2 Å². The molecule has 0 aliphatic carbocycles. The van der Waals surface area contributed by atoms with Crippen molar-refractivity contribution in [1.82, 2.24) is 0 Å². The normalized spacial score (nSPS) is 10.6. The Bertz CT molecular complexity index is 794. The number of anilines is 1. The Hall–Kier alpha value is -2.87. The van der Waals surface area contributed by atoms with E-state index in [-0.39, 0.29) is 11.8 Å². The molecular formula is C22H21NO. The van der Waals surface area contributed by atoms with Gasteiger partial charge in [0.15, 0.2) is 0 Å². The molecule has 2 heteroatoms. The van der Waals surface area contributed by atoms with Gasteiger partial charge in [0.25, 0.3) is 0 Å². The molecule has 0 aliphatic heterocycles. The van der Waals surface area contributed by atoms with Crippen molar-refractivity contribution in [1.29, 1.82) is 0 Å². The van der Waals surface area contributed by atoms with Crippen molar-refractivity contribution in [2.75, 3.05) is 5.32 Å². The van der Waals surface area contributed by atoms with Gasteiger partial charge >= 0.3 is 0 Å². The number of hydrogen-bond donors (Lipinski definition) is 1. The number of carbonyl (C=O) groups excluding carboxylic acids is 1. The Morgan fingerprint density at radius 1 is 0.708 bits per heavy atom. The highest BCUT2D eigenvalue weighted by molar-refractivity contribution is 5.98. The minimum atomic E-state index is -0.326. The van der Waals surface area contributed by atoms with Crippen LogP contribution in [0, 0.1) is 13.8 Å². The van der Waals surface area contributed by atoms with E-state index in [1.165, 1.54) is 0 Å². The summed E-state index contributed by atoms with van der Waals surface area (Å²) in [6.07, 6.45) is 0. The lowest BCUT2D eigenvalue weighted by Gasteiger charge is -2.21. The van der Waals surface area contributed by atoms with Gasteiger partial charge in [-0.1, -0.05) is 66.7 Å². The summed E-state index contributed by atoms with van der Waals surface area (Å²) in [4.78, 5) is 13.1. The number of rotatable bonds is 4. The molecular weight excluding hydrogens is 294 g/mol. The van der Waals surface area contributed by atoms with Gasteiger partial charge in [0.05, 0.1) is 5.92 Å². The third kappa shape index (κ3) is 3.38. The van der Waals surface area contributed by atoms with Gasteiger partial charge in [-0.2, -0.15) is 0 Å². The first-order chi connectivity index (χ1) is 11.7. The topological polar surface area (TPSA) is 29.1 Å². The molecule has 24 heavy (non-hydrogen) atoms. The molecule has 1 N–H and O–H groups in total. The van der Waals surface area contributed by atoms with Crippen molar-refractivity contribution >= 4 is 11.6 Å². The number of benzene rings is 3. The Balaban J connectivity index is 2.04. The van der Waals surface area contributed by atoms with E-state index in [9.17, 15) is 4.79 Å². The van der Waals surface area contributed by atoms with Crippen molar-refractivity contribution in [3.63, 3.8) is 0 Å². The van der Waals surface area contributed by atoms with Crippen molar-refractivity contribution in [2.24, 2.45) is 0 Å². The van der Waals surface area contributed by atoms with Crippen LogP contribution in [0.15, 0.2) is 78.9 Å². The van der Waals surface area contributed by atoms with Crippen LogP contribution in [-0.2, 0) is 4.79 Å². The van der Waals surface area contributed by atoms with Gasteiger partial charge < -0.3 is 5.32 Å². The number of hydrogen-bond acceptors (Lipinski definition) is 1. The SMILES string of the molecule is Cc1ccccc1C(C(=O)Nc1ccccc1)c1ccccc1C.